The number of halogens is 1. The van der Waals surface area contributed by atoms with Crippen molar-refractivity contribution in [3.05, 3.63) is 107 Å². The minimum absolute atomic E-state index is 0.0234. The highest BCUT2D eigenvalue weighted by Crippen LogP contribution is 2.40. The number of fused-ring (bicyclic) bond motifs is 5. The maximum Gasteiger partial charge on any atom is 0.252 e. The van der Waals surface area contributed by atoms with Gasteiger partial charge in [0.1, 0.15) is 43.3 Å². The van der Waals surface area contributed by atoms with E-state index in [0.29, 0.717) is 49.9 Å². The second-order valence-electron chi connectivity index (χ2n) is 12.9. The lowest BCUT2D eigenvalue weighted by molar-refractivity contribution is -0.139. The number of ether oxygens (including phenoxy) is 2. The summed E-state index contributed by atoms with van der Waals surface area (Å²) in [5.74, 6) is -2.36. The van der Waals surface area contributed by atoms with Crippen LogP contribution in [0.15, 0.2) is 84.9 Å². The van der Waals surface area contributed by atoms with E-state index >= 15 is 0 Å². The Bertz CT molecular complexity index is 2160. The minimum atomic E-state index is -1.32. The molecule has 1 aliphatic heterocycles. The van der Waals surface area contributed by atoms with Crippen LogP contribution in [0.5, 0.6) is 11.5 Å². The van der Waals surface area contributed by atoms with Crippen LogP contribution in [0.25, 0.3) is 22.3 Å². The average Bonchev–Trinajstić information content (AvgIpc) is 3.22. The fourth-order valence-corrected chi connectivity index (χ4v) is 6.40. The molecule has 2 atom stereocenters. The van der Waals surface area contributed by atoms with Gasteiger partial charge in [-0.2, -0.15) is 5.26 Å². The molecule has 16 heteroatoms. The van der Waals surface area contributed by atoms with Crippen LogP contribution in [0.2, 0.25) is 5.02 Å². The van der Waals surface area contributed by atoms with Gasteiger partial charge >= 0.3 is 0 Å². The Kier molecular flexibility index (Phi) is 14.6. The molecule has 1 aliphatic rings. The molecular weight excluding hydrogens is 752 g/mol. The number of amides is 5. The highest BCUT2D eigenvalue weighted by Gasteiger charge is 2.32. The summed E-state index contributed by atoms with van der Waals surface area (Å²) in [4.78, 5) is 69.0. The highest BCUT2D eigenvalue weighted by molar-refractivity contribution is 6.30. The summed E-state index contributed by atoms with van der Waals surface area (Å²) in [6, 6.07) is 23.5. The van der Waals surface area contributed by atoms with Gasteiger partial charge in [-0.15, -0.1) is 0 Å². The molecule has 4 bridgehead atoms. The van der Waals surface area contributed by atoms with Crippen molar-refractivity contribution in [1.82, 2.24) is 26.2 Å². The Morgan fingerprint density at radius 3 is 2.25 bits per heavy atom. The molecule has 4 aromatic carbocycles. The zero-order valence-electron chi connectivity index (χ0n) is 31.2. The van der Waals surface area contributed by atoms with Crippen molar-refractivity contribution in [1.29, 1.82) is 5.26 Å². The quantitative estimate of drug-likeness (QED) is 0.108. The summed E-state index contributed by atoms with van der Waals surface area (Å²) in [5, 5.41) is 20.0. The molecule has 0 radical (unpaired) electrons. The van der Waals surface area contributed by atoms with Gasteiger partial charge in [0, 0.05) is 48.3 Å². The minimum Gasteiger partial charge on any atom is -0.492 e. The van der Waals surface area contributed by atoms with E-state index in [0.717, 1.165) is 5.56 Å². The number of hydrogen-bond donors (Lipinski definition) is 6. The number of nitrogens with one attached hydrogen (secondary N) is 4. The first-order valence-corrected chi connectivity index (χ1v) is 18.5. The molecule has 0 spiro atoms. The number of nitrogens with two attached hydrogens (primary N) is 2. The predicted molar refractivity (Wildman–Crippen MR) is 213 cm³/mol. The third-order valence-electron chi connectivity index (χ3n) is 9.02. The lowest BCUT2D eigenvalue weighted by Gasteiger charge is -2.29. The zero-order valence-corrected chi connectivity index (χ0v) is 31.9. The van der Waals surface area contributed by atoms with Gasteiger partial charge in [0.15, 0.2) is 0 Å². The number of benzene rings is 4. The van der Waals surface area contributed by atoms with Crippen molar-refractivity contribution < 1.29 is 33.4 Å². The SMILES string of the molecule is CN(C(=O)CNC(=O)c1ccccc1-c1ccc(Cl)cc1)C1C(=O)NCC(=O)NC(C(=O)NCC#N)Cc2ccc(OCCN)c(c2)-c2cc1ccc2OCCN. The Morgan fingerprint density at radius 2 is 1.56 bits per heavy atom. The number of carbonyl (C=O) groups is 5. The summed E-state index contributed by atoms with van der Waals surface area (Å²) < 4.78 is 12.1. The largest absolute Gasteiger partial charge is 0.492 e. The van der Waals surface area contributed by atoms with Crippen molar-refractivity contribution in [2.45, 2.75) is 18.5 Å². The van der Waals surface area contributed by atoms with Gasteiger partial charge in [-0.3, -0.25) is 24.0 Å². The molecule has 4 aromatic rings. The Morgan fingerprint density at radius 1 is 0.895 bits per heavy atom. The van der Waals surface area contributed by atoms with Crippen molar-refractivity contribution in [2.24, 2.45) is 11.5 Å². The highest BCUT2D eigenvalue weighted by atomic mass is 35.5. The van der Waals surface area contributed by atoms with Crippen molar-refractivity contribution in [3.63, 3.8) is 0 Å². The molecule has 296 valence electrons. The molecule has 0 saturated carbocycles. The van der Waals surface area contributed by atoms with Crippen LogP contribution in [0.1, 0.15) is 27.5 Å². The van der Waals surface area contributed by atoms with Crippen LogP contribution in [-0.2, 0) is 25.6 Å². The van der Waals surface area contributed by atoms with E-state index in [1.807, 2.05) is 6.07 Å². The number of nitrogens with zero attached hydrogens (tertiary/aromatic N) is 2. The van der Waals surface area contributed by atoms with Crippen LogP contribution in [0.3, 0.4) is 0 Å². The zero-order chi connectivity index (χ0) is 40.9. The number of likely N-dealkylation sites (N-methyl/N-ethyl adjacent to an activating group) is 1. The lowest BCUT2D eigenvalue weighted by atomic mass is 9.93. The molecule has 0 saturated heterocycles. The molecular formula is C41H43ClN8O7. The second kappa shape index (κ2) is 19.9. The summed E-state index contributed by atoms with van der Waals surface area (Å²) in [5.41, 5.74) is 15.2. The van der Waals surface area contributed by atoms with Gasteiger partial charge < -0.3 is 47.1 Å². The average molecular weight is 795 g/mol. The molecule has 2 unspecified atom stereocenters. The van der Waals surface area contributed by atoms with Crippen LogP contribution >= 0.6 is 11.6 Å². The standard InChI is InChI=1S/C41H43ClN8O7/c1-50(37(52)24-48-39(53)30-5-3-2-4-29(30)26-7-10-28(42)11-8-26)38-27-9-13-35(57-19-16-45)32(22-27)31-20-25(6-12-34(31)56-18-15-44)21-33(40(54)46-17-14-43)49-36(51)23-47-41(38)55/h2-13,20,22,33,38H,15-19,21,23-24,44-45H2,1H3,(H,46,54)(H,47,55)(H,48,53)(H,49,51). The molecule has 5 amide bonds. The number of hydrogen-bond acceptors (Lipinski definition) is 10. The van der Waals surface area contributed by atoms with Crippen LogP contribution < -0.4 is 42.2 Å². The van der Waals surface area contributed by atoms with E-state index in [1.54, 1.807) is 84.9 Å². The monoisotopic (exact) mass is 794 g/mol. The van der Waals surface area contributed by atoms with E-state index in [9.17, 15) is 24.0 Å². The normalized spacial score (nSPS) is 15.1. The number of rotatable bonds is 13. The van der Waals surface area contributed by atoms with Crippen LogP contribution in [0, 0.1) is 11.3 Å². The maximum atomic E-state index is 14.1. The van der Waals surface area contributed by atoms with E-state index in [2.05, 4.69) is 21.3 Å². The van der Waals surface area contributed by atoms with Gasteiger partial charge in [0.05, 0.1) is 19.2 Å². The fraction of sp³-hybridized carbons (Fsp3) is 0.268. The van der Waals surface area contributed by atoms with Gasteiger partial charge in [-0.05, 0) is 64.7 Å². The fourth-order valence-electron chi connectivity index (χ4n) is 6.27. The molecule has 57 heavy (non-hydrogen) atoms. The summed E-state index contributed by atoms with van der Waals surface area (Å²) in [7, 11) is 1.41. The third-order valence-corrected chi connectivity index (χ3v) is 9.27. The van der Waals surface area contributed by atoms with Gasteiger partial charge in [0.25, 0.3) is 5.91 Å². The first-order chi connectivity index (χ1) is 27.5. The van der Waals surface area contributed by atoms with Crippen molar-refractivity contribution in [2.75, 3.05) is 53.0 Å². The molecule has 5 rings (SSSR count). The summed E-state index contributed by atoms with van der Waals surface area (Å²) >= 11 is 6.07. The van der Waals surface area contributed by atoms with Gasteiger partial charge in [0.2, 0.25) is 23.6 Å². The maximum absolute atomic E-state index is 14.1. The topological polar surface area (TPSA) is 231 Å². The molecule has 1 heterocycles. The first-order valence-electron chi connectivity index (χ1n) is 18.1. The second-order valence-corrected chi connectivity index (χ2v) is 13.4. The Balaban J connectivity index is 1.53. The molecule has 8 N–H and O–H groups in total. The first kappa shape index (κ1) is 41.7. The van der Waals surface area contributed by atoms with E-state index in [-0.39, 0.29) is 39.3 Å². The van der Waals surface area contributed by atoms with Crippen molar-refractivity contribution >= 4 is 41.1 Å². The lowest BCUT2D eigenvalue weighted by Crippen LogP contribution is -2.52. The van der Waals surface area contributed by atoms with E-state index in [4.69, 9.17) is 37.8 Å². The number of carbonyl (C=O) groups excluding carboxylic acids is 5. The van der Waals surface area contributed by atoms with Gasteiger partial charge in [-0.25, -0.2) is 0 Å². The Labute approximate surface area is 334 Å². The van der Waals surface area contributed by atoms with E-state index < -0.39 is 54.7 Å². The van der Waals surface area contributed by atoms with Gasteiger partial charge in [-0.1, -0.05) is 54.1 Å². The Hall–Kier alpha value is -6.47. The molecule has 0 fully saturated rings. The predicted octanol–water partition coefficient (Wildman–Crippen LogP) is 2.08. The molecule has 0 aromatic heterocycles. The van der Waals surface area contributed by atoms with Crippen LogP contribution in [-0.4, -0.2) is 93.5 Å². The molecule has 15 nitrogen and oxygen atoms in total. The summed E-state index contributed by atoms with van der Waals surface area (Å²) in [6.45, 7) is -0.569. The van der Waals surface area contributed by atoms with Crippen molar-refractivity contribution in [3.8, 4) is 39.8 Å². The molecule has 0 aliphatic carbocycles. The number of nitriles is 1. The third kappa shape index (κ3) is 10.6. The van der Waals surface area contributed by atoms with E-state index in [1.165, 1.54) is 11.9 Å². The smallest absolute Gasteiger partial charge is 0.252 e. The van der Waals surface area contributed by atoms with Crippen LogP contribution in [0.4, 0.5) is 0 Å². The summed E-state index contributed by atoms with van der Waals surface area (Å²) in [6.07, 6.45) is 0.0234.